The molecule has 0 atom stereocenters. The molecule has 1 aliphatic carbocycles. The van der Waals surface area contributed by atoms with E-state index in [4.69, 9.17) is 0 Å². The van der Waals surface area contributed by atoms with E-state index in [-0.39, 0.29) is 6.42 Å². The summed E-state index contributed by atoms with van der Waals surface area (Å²) in [5, 5.41) is 0. The molecular formula is C10H18F2. The molecule has 2 heteroatoms. The summed E-state index contributed by atoms with van der Waals surface area (Å²) in [6.45, 7) is 1.02. The standard InChI is InChI=1S/C10H18F2/c1-10(11,12)8-7-9-5-3-2-4-6-9/h9H,2-8H2,1H3. The summed E-state index contributed by atoms with van der Waals surface area (Å²) in [4.78, 5) is 0. The van der Waals surface area contributed by atoms with Crippen LogP contribution in [0.15, 0.2) is 0 Å². The molecule has 0 unspecified atom stereocenters. The third-order valence-corrected chi connectivity index (χ3v) is 2.72. The van der Waals surface area contributed by atoms with Gasteiger partial charge in [0.25, 0.3) is 0 Å². The van der Waals surface area contributed by atoms with Crippen LogP contribution in [0.5, 0.6) is 0 Å². The summed E-state index contributed by atoms with van der Waals surface area (Å²) >= 11 is 0. The highest BCUT2D eigenvalue weighted by atomic mass is 19.3. The van der Waals surface area contributed by atoms with Gasteiger partial charge in [-0.2, -0.15) is 0 Å². The lowest BCUT2D eigenvalue weighted by Gasteiger charge is -2.22. The highest BCUT2D eigenvalue weighted by Gasteiger charge is 2.23. The molecule has 1 fully saturated rings. The first-order chi connectivity index (χ1) is 5.58. The molecule has 0 amide bonds. The van der Waals surface area contributed by atoms with Gasteiger partial charge in [-0.1, -0.05) is 32.1 Å². The van der Waals surface area contributed by atoms with E-state index in [9.17, 15) is 8.78 Å². The highest BCUT2D eigenvalue weighted by molar-refractivity contribution is 4.68. The van der Waals surface area contributed by atoms with Crippen LogP contribution in [0.1, 0.15) is 51.9 Å². The van der Waals surface area contributed by atoms with Crippen LogP contribution in [0.2, 0.25) is 0 Å². The Labute approximate surface area is 73.3 Å². The van der Waals surface area contributed by atoms with Gasteiger partial charge in [0.2, 0.25) is 5.92 Å². The number of alkyl halides is 2. The minimum atomic E-state index is -2.45. The average Bonchev–Trinajstić information content (AvgIpc) is 2.02. The zero-order valence-electron chi connectivity index (χ0n) is 7.78. The van der Waals surface area contributed by atoms with Gasteiger partial charge in [0.15, 0.2) is 0 Å². The first-order valence-corrected chi connectivity index (χ1v) is 4.96. The van der Waals surface area contributed by atoms with Crippen molar-refractivity contribution in [2.24, 2.45) is 5.92 Å². The van der Waals surface area contributed by atoms with Crippen molar-refractivity contribution in [1.29, 1.82) is 0 Å². The summed E-state index contributed by atoms with van der Waals surface area (Å²) in [7, 11) is 0. The Hall–Kier alpha value is -0.140. The summed E-state index contributed by atoms with van der Waals surface area (Å²) in [6, 6.07) is 0. The molecule has 0 aromatic carbocycles. The Kier molecular flexibility index (Phi) is 3.48. The molecule has 0 spiro atoms. The van der Waals surface area contributed by atoms with Gasteiger partial charge >= 0.3 is 0 Å². The van der Waals surface area contributed by atoms with Crippen LogP contribution >= 0.6 is 0 Å². The topological polar surface area (TPSA) is 0 Å². The fourth-order valence-corrected chi connectivity index (χ4v) is 1.93. The third kappa shape index (κ3) is 4.03. The minimum Gasteiger partial charge on any atom is -0.207 e. The van der Waals surface area contributed by atoms with Gasteiger partial charge in [0.1, 0.15) is 0 Å². The Bertz CT molecular complexity index is 120. The maximum atomic E-state index is 12.5. The molecule has 12 heavy (non-hydrogen) atoms. The molecule has 0 nitrogen and oxygen atoms in total. The van der Waals surface area contributed by atoms with Crippen LogP contribution in [-0.4, -0.2) is 5.92 Å². The zero-order chi connectivity index (χ0) is 9.03. The van der Waals surface area contributed by atoms with Crippen molar-refractivity contribution < 1.29 is 8.78 Å². The van der Waals surface area contributed by atoms with Crippen molar-refractivity contribution in [3.8, 4) is 0 Å². The van der Waals surface area contributed by atoms with Crippen molar-refractivity contribution in [3.63, 3.8) is 0 Å². The molecule has 0 radical (unpaired) electrons. The van der Waals surface area contributed by atoms with Gasteiger partial charge in [0.05, 0.1) is 0 Å². The lowest BCUT2D eigenvalue weighted by atomic mass is 9.85. The van der Waals surface area contributed by atoms with Crippen molar-refractivity contribution in [2.75, 3.05) is 0 Å². The predicted octanol–water partition coefficient (Wildman–Crippen LogP) is 4.00. The fraction of sp³-hybridized carbons (Fsp3) is 1.00. The lowest BCUT2D eigenvalue weighted by Crippen LogP contribution is -2.14. The van der Waals surface area contributed by atoms with E-state index >= 15 is 0 Å². The van der Waals surface area contributed by atoms with Gasteiger partial charge in [-0.3, -0.25) is 0 Å². The van der Waals surface area contributed by atoms with Crippen molar-refractivity contribution in [2.45, 2.75) is 57.8 Å². The summed E-state index contributed by atoms with van der Waals surface area (Å²) in [5.74, 6) is -1.86. The van der Waals surface area contributed by atoms with E-state index in [1.807, 2.05) is 0 Å². The van der Waals surface area contributed by atoms with Gasteiger partial charge in [-0.15, -0.1) is 0 Å². The molecule has 1 saturated carbocycles. The second-order valence-electron chi connectivity index (χ2n) is 4.11. The predicted molar refractivity (Wildman–Crippen MR) is 46.4 cm³/mol. The lowest BCUT2D eigenvalue weighted by molar-refractivity contribution is 0.00514. The smallest absolute Gasteiger partial charge is 0.207 e. The van der Waals surface area contributed by atoms with E-state index in [2.05, 4.69) is 0 Å². The molecule has 0 bridgehead atoms. The maximum absolute atomic E-state index is 12.5. The summed E-state index contributed by atoms with van der Waals surface area (Å²) < 4.78 is 25.0. The normalized spacial score (nSPS) is 21.2. The van der Waals surface area contributed by atoms with Crippen LogP contribution in [-0.2, 0) is 0 Å². The van der Waals surface area contributed by atoms with Crippen molar-refractivity contribution in [1.82, 2.24) is 0 Å². The molecule has 0 heterocycles. The molecular weight excluding hydrogens is 158 g/mol. The monoisotopic (exact) mass is 176 g/mol. The number of halogens is 2. The highest BCUT2D eigenvalue weighted by Crippen LogP contribution is 2.30. The van der Waals surface area contributed by atoms with Gasteiger partial charge in [0, 0.05) is 6.42 Å². The van der Waals surface area contributed by atoms with E-state index in [0.717, 1.165) is 13.3 Å². The van der Waals surface area contributed by atoms with E-state index in [1.165, 1.54) is 32.1 Å². The third-order valence-electron chi connectivity index (χ3n) is 2.72. The van der Waals surface area contributed by atoms with Gasteiger partial charge < -0.3 is 0 Å². The van der Waals surface area contributed by atoms with E-state index in [1.54, 1.807) is 0 Å². The van der Waals surface area contributed by atoms with Crippen LogP contribution in [0.25, 0.3) is 0 Å². The molecule has 1 rings (SSSR count). The fourth-order valence-electron chi connectivity index (χ4n) is 1.93. The van der Waals surface area contributed by atoms with Crippen LogP contribution < -0.4 is 0 Å². The molecule has 0 aliphatic heterocycles. The largest absolute Gasteiger partial charge is 0.245 e. The Morgan fingerprint density at radius 1 is 1.17 bits per heavy atom. The second-order valence-corrected chi connectivity index (χ2v) is 4.11. The SMILES string of the molecule is CC(F)(F)CCC1CCCCC1. The Morgan fingerprint density at radius 3 is 2.25 bits per heavy atom. The zero-order valence-corrected chi connectivity index (χ0v) is 7.78. The summed E-state index contributed by atoms with van der Waals surface area (Å²) in [6.07, 6.45) is 6.96. The number of hydrogen-bond acceptors (Lipinski definition) is 0. The van der Waals surface area contributed by atoms with Gasteiger partial charge in [-0.25, -0.2) is 8.78 Å². The Balaban J connectivity index is 2.13. The molecule has 1 aliphatic rings. The molecule has 72 valence electrons. The quantitative estimate of drug-likeness (QED) is 0.609. The maximum Gasteiger partial charge on any atom is 0.245 e. The minimum absolute atomic E-state index is 0.0810. The van der Waals surface area contributed by atoms with Crippen LogP contribution in [0, 0.1) is 5.92 Å². The van der Waals surface area contributed by atoms with E-state index < -0.39 is 5.92 Å². The molecule has 0 aromatic heterocycles. The number of rotatable bonds is 3. The summed E-state index contributed by atoms with van der Waals surface area (Å²) in [5.41, 5.74) is 0. The van der Waals surface area contributed by atoms with Crippen LogP contribution in [0.4, 0.5) is 8.78 Å². The number of hydrogen-bond donors (Lipinski definition) is 0. The Morgan fingerprint density at radius 2 is 1.75 bits per heavy atom. The molecule has 0 saturated heterocycles. The average molecular weight is 176 g/mol. The molecule has 0 aromatic rings. The van der Waals surface area contributed by atoms with Crippen LogP contribution in [0.3, 0.4) is 0 Å². The second kappa shape index (κ2) is 4.20. The van der Waals surface area contributed by atoms with Crippen molar-refractivity contribution >= 4 is 0 Å². The first-order valence-electron chi connectivity index (χ1n) is 4.96. The first kappa shape index (κ1) is 9.94. The van der Waals surface area contributed by atoms with Gasteiger partial charge in [-0.05, 0) is 19.3 Å². The van der Waals surface area contributed by atoms with E-state index in [0.29, 0.717) is 5.92 Å². The molecule has 0 N–H and O–H groups in total. The van der Waals surface area contributed by atoms with Crippen molar-refractivity contribution in [3.05, 3.63) is 0 Å².